The van der Waals surface area contributed by atoms with Crippen molar-refractivity contribution in [2.24, 2.45) is 0 Å². The summed E-state index contributed by atoms with van der Waals surface area (Å²) in [5.41, 5.74) is 1.86. The van der Waals surface area contributed by atoms with Crippen LogP contribution >= 0.6 is 0 Å². The van der Waals surface area contributed by atoms with Crippen LogP contribution in [0.25, 0.3) is 11.1 Å². The molecule has 2 aromatic heterocycles. The van der Waals surface area contributed by atoms with Crippen LogP contribution in [0.3, 0.4) is 0 Å². The average Bonchev–Trinajstić information content (AvgIpc) is 3.39. The van der Waals surface area contributed by atoms with Crippen LogP contribution in [-0.4, -0.2) is 50.3 Å². The Morgan fingerprint density at radius 1 is 1.31 bits per heavy atom. The lowest BCUT2D eigenvalue weighted by atomic mass is 9.80. The van der Waals surface area contributed by atoms with Crippen LogP contribution in [0.2, 0.25) is 0 Å². The molecule has 0 bridgehead atoms. The van der Waals surface area contributed by atoms with Crippen LogP contribution in [-0.2, 0) is 11.8 Å². The molecule has 9 nitrogen and oxygen atoms in total. The molecule has 3 aromatic rings. The normalized spacial score (nSPS) is 20.8. The van der Waals surface area contributed by atoms with E-state index in [0.29, 0.717) is 60.9 Å². The van der Waals surface area contributed by atoms with Crippen molar-refractivity contribution in [3.8, 4) is 17.2 Å². The lowest BCUT2D eigenvalue weighted by molar-refractivity contribution is 0.169. The Balaban J connectivity index is 1.30. The van der Waals surface area contributed by atoms with E-state index < -0.39 is 6.17 Å². The number of rotatable bonds is 5. The SMILES string of the molecule is CCc1ncc(-c2cccc(C#N)c2NC(=O)N2CCC(C)(c3noc([C@@H]4C[C@@H]4F)n3)CC2)cn1. The maximum atomic E-state index is 13.3. The first-order valence-electron chi connectivity index (χ1n) is 11.8. The molecule has 1 aliphatic heterocycles. The number of urea groups is 1. The Morgan fingerprint density at radius 2 is 2.03 bits per heavy atom. The fourth-order valence-electron chi connectivity index (χ4n) is 4.36. The number of halogens is 1. The quantitative estimate of drug-likeness (QED) is 0.581. The highest BCUT2D eigenvalue weighted by atomic mass is 19.1. The fraction of sp³-hybridized carbons (Fsp3) is 0.440. The number of aryl methyl sites for hydroxylation is 1. The van der Waals surface area contributed by atoms with Gasteiger partial charge in [0.25, 0.3) is 0 Å². The van der Waals surface area contributed by atoms with E-state index in [1.807, 2.05) is 19.9 Å². The van der Waals surface area contributed by atoms with Gasteiger partial charge in [0.1, 0.15) is 18.1 Å². The number of nitrogens with one attached hydrogen (secondary N) is 1. The summed E-state index contributed by atoms with van der Waals surface area (Å²) in [6.45, 7) is 4.99. The van der Waals surface area contributed by atoms with E-state index in [4.69, 9.17) is 4.52 Å². The number of hydrogen-bond acceptors (Lipinski definition) is 7. The number of para-hydroxylation sites is 1. The van der Waals surface area contributed by atoms with E-state index in [0.717, 1.165) is 17.8 Å². The second-order valence-corrected chi connectivity index (χ2v) is 9.37. The summed E-state index contributed by atoms with van der Waals surface area (Å²) >= 11 is 0. The van der Waals surface area contributed by atoms with Gasteiger partial charge < -0.3 is 14.7 Å². The summed E-state index contributed by atoms with van der Waals surface area (Å²) in [6.07, 6.45) is 4.96. The monoisotopic (exact) mass is 475 g/mol. The first-order chi connectivity index (χ1) is 16.9. The predicted octanol–water partition coefficient (Wildman–Crippen LogP) is 4.37. The summed E-state index contributed by atoms with van der Waals surface area (Å²) in [5, 5.41) is 16.7. The minimum Gasteiger partial charge on any atom is -0.339 e. The van der Waals surface area contributed by atoms with Crippen molar-refractivity contribution in [1.82, 2.24) is 25.0 Å². The van der Waals surface area contributed by atoms with Crippen molar-refractivity contribution in [2.45, 2.75) is 57.0 Å². The van der Waals surface area contributed by atoms with Crippen LogP contribution in [0.4, 0.5) is 14.9 Å². The Morgan fingerprint density at radius 3 is 2.66 bits per heavy atom. The van der Waals surface area contributed by atoms with Crippen LogP contribution in [0.5, 0.6) is 0 Å². The zero-order chi connectivity index (χ0) is 24.6. The highest BCUT2D eigenvalue weighted by molar-refractivity contribution is 5.96. The van der Waals surface area contributed by atoms with Gasteiger partial charge in [-0.15, -0.1) is 0 Å². The fourth-order valence-corrected chi connectivity index (χ4v) is 4.36. The van der Waals surface area contributed by atoms with Crippen LogP contribution in [0, 0.1) is 11.3 Å². The molecule has 2 aliphatic rings. The standard InChI is InChI=1S/C25H26FN7O2/c1-3-20-28-13-16(14-29-20)17-6-4-5-15(12-27)21(17)30-24(34)33-9-7-25(2,8-10-33)23-31-22(35-32-23)18-11-19(18)26/h4-6,13-14,18-19H,3,7-11H2,1-2H3,(H,30,34)/t18-,19+/m1/s1. The summed E-state index contributed by atoms with van der Waals surface area (Å²) in [7, 11) is 0. The van der Waals surface area contributed by atoms with E-state index in [1.165, 1.54) is 0 Å². The maximum Gasteiger partial charge on any atom is 0.321 e. The number of amides is 2. The second kappa shape index (κ2) is 9.06. The molecule has 2 amide bonds. The molecule has 0 radical (unpaired) electrons. The van der Waals surface area contributed by atoms with Gasteiger partial charge in [0.05, 0.1) is 17.2 Å². The van der Waals surface area contributed by atoms with Gasteiger partial charge in [-0.05, 0) is 25.3 Å². The number of carbonyl (C=O) groups excluding carboxylic acids is 1. The number of benzene rings is 1. The van der Waals surface area contributed by atoms with Crippen LogP contribution < -0.4 is 5.32 Å². The Labute approximate surface area is 202 Å². The molecule has 0 unspecified atom stereocenters. The third kappa shape index (κ3) is 4.46. The number of anilines is 1. The summed E-state index contributed by atoms with van der Waals surface area (Å²) in [6, 6.07) is 7.16. The molecular weight excluding hydrogens is 449 g/mol. The topological polar surface area (TPSA) is 121 Å². The molecule has 0 spiro atoms. The number of aromatic nitrogens is 4. The third-order valence-electron chi connectivity index (χ3n) is 6.91. The van der Waals surface area contributed by atoms with Gasteiger partial charge in [-0.1, -0.05) is 31.1 Å². The van der Waals surface area contributed by atoms with Gasteiger partial charge in [-0.25, -0.2) is 19.2 Å². The number of piperidine rings is 1. The van der Waals surface area contributed by atoms with Gasteiger partial charge in [0, 0.05) is 48.4 Å². The van der Waals surface area contributed by atoms with E-state index in [-0.39, 0.29) is 17.4 Å². The van der Waals surface area contributed by atoms with E-state index in [1.54, 1.807) is 29.4 Å². The average molecular weight is 476 g/mol. The third-order valence-corrected chi connectivity index (χ3v) is 6.91. The Kier molecular flexibility index (Phi) is 5.93. The number of likely N-dealkylation sites (tertiary alicyclic amines) is 1. The number of nitriles is 1. The van der Waals surface area contributed by atoms with E-state index >= 15 is 0 Å². The largest absolute Gasteiger partial charge is 0.339 e. The van der Waals surface area contributed by atoms with E-state index in [9.17, 15) is 14.4 Å². The lowest BCUT2D eigenvalue weighted by Gasteiger charge is -2.37. The second-order valence-electron chi connectivity index (χ2n) is 9.37. The van der Waals surface area contributed by atoms with Crippen molar-refractivity contribution < 1.29 is 13.7 Å². The van der Waals surface area contributed by atoms with Gasteiger partial charge in [0.15, 0.2) is 5.82 Å². The first kappa shape index (κ1) is 22.9. The molecule has 3 heterocycles. The van der Waals surface area contributed by atoms with Gasteiger partial charge >= 0.3 is 6.03 Å². The zero-order valence-electron chi connectivity index (χ0n) is 19.7. The highest BCUT2D eigenvalue weighted by Gasteiger charge is 2.45. The predicted molar refractivity (Wildman–Crippen MR) is 125 cm³/mol. The molecule has 1 N–H and O–H groups in total. The number of carbonyl (C=O) groups is 1. The van der Waals surface area contributed by atoms with Gasteiger partial charge in [0.2, 0.25) is 5.89 Å². The maximum absolute atomic E-state index is 13.3. The van der Waals surface area contributed by atoms with Gasteiger partial charge in [-0.3, -0.25) is 0 Å². The van der Waals surface area contributed by atoms with Gasteiger partial charge in [-0.2, -0.15) is 10.2 Å². The van der Waals surface area contributed by atoms with Crippen molar-refractivity contribution in [2.75, 3.05) is 18.4 Å². The molecule has 1 saturated carbocycles. The van der Waals surface area contributed by atoms with Crippen molar-refractivity contribution in [3.05, 3.63) is 53.7 Å². The molecule has 35 heavy (non-hydrogen) atoms. The number of hydrogen-bond donors (Lipinski definition) is 1. The molecule has 5 rings (SSSR count). The summed E-state index contributed by atoms with van der Waals surface area (Å²) in [5.74, 6) is 1.39. The van der Waals surface area contributed by atoms with E-state index in [2.05, 4.69) is 31.5 Å². The summed E-state index contributed by atoms with van der Waals surface area (Å²) < 4.78 is 18.6. The Hall–Kier alpha value is -3.87. The van der Waals surface area contributed by atoms with Crippen molar-refractivity contribution in [1.29, 1.82) is 5.26 Å². The number of nitrogens with zero attached hydrogens (tertiary/aromatic N) is 6. The zero-order valence-corrected chi connectivity index (χ0v) is 19.7. The minimum absolute atomic E-state index is 0.274. The molecule has 180 valence electrons. The highest BCUT2D eigenvalue weighted by Crippen LogP contribution is 2.44. The minimum atomic E-state index is -0.890. The number of alkyl halides is 1. The smallest absolute Gasteiger partial charge is 0.321 e. The molecule has 1 aromatic carbocycles. The van der Waals surface area contributed by atoms with Crippen molar-refractivity contribution >= 4 is 11.7 Å². The molecule has 1 saturated heterocycles. The summed E-state index contributed by atoms with van der Waals surface area (Å²) in [4.78, 5) is 28.1. The van der Waals surface area contributed by atoms with Crippen molar-refractivity contribution in [3.63, 3.8) is 0 Å². The molecule has 1 aliphatic carbocycles. The Bertz CT molecular complexity index is 1280. The first-order valence-corrected chi connectivity index (χ1v) is 11.8. The van der Waals surface area contributed by atoms with Crippen LogP contribution in [0.1, 0.15) is 62.1 Å². The molecular formula is C25H26FN7O2. The molecule has 10 heteroatoms. The lowest BCUT2D eigenvalue weighted by Crippen LogP contribution is -2.46. The van der Waals surface area contributed by atoms with Crippen LogP contribution in [0.15, 0.2) is 35.1 Å². The molecule has 2 fully saturated rings. The molecule has 2 atom stereocenters.